The average Bonchev–Trinajstić information content (AvgIpc) is 2.74. The number of benzene rings is 2. The van der Waals surface area contributed by atoms with Crippen molar-refractivity contribution in [3.05, 3.63) is 59.7 Å². The summed E-state index contributed by atoms with van der Waals surface area (Å²) in [5.41, 5.74) is 0.0896. The van der Waals surface area contributed by atoms with Gasteiger partial charge < -0.3 is 14.8 Å². The summed E-state index contributed by atoms with van der Waals surface area (Å²) in [6.07, 6.45) is 0.229. The molecule has 0 bridgehead atoms. The van der Waals surface area contributed by atoms with E-state index in [1.807, 2.05) is 0 Å². The molecular weight excluding hydrogens is 408 g/mol. The van der Waals surface area contributed by atoms with Crippen LogP contribution in [-0.4, -0.2) is 56.5 Å². The predicted octanol–water partition coefficient (Wildman–Crippen LogP) is 1.82. The number of rotatable bonds is 4. The van der Waals surface area contributed by atoms with Crippen LogP contribution < -0.4 is 5.32 Å². The van der Waals surface area contributed by atoms with Gasteiger partial charge in [-0.25, -0.2) is 13.2 Å². The summed E-state index contributed by atoms with van der Waals surface area (Å²) in [5.74, 6) is -1.08. The third kappa shape index (κ3) is 3.83. The van der Waals surface area contributed by atoms with Gasteiger partial charge in [-0.2, -0.15) is 4.31 Å². The molecule has 1 atom stereocenters. The number of ether oxygens (including phenoxy) is 2. The Kier molecular flexibility index (Phi) is 5.35. The summed E-state index contributed by atoms with van der Waals surface area (Å²) < 4.78 is 37.7. The smallest absolute Gasteiger partial charge is 0.339 e. The van der Waals surface area contributed by atoms with Crippen LogP contribution in [0.4, 0.5) is 5.69 Å². The number of carbonyl (C=O) groups excluding carboxylic acids is 2. The topological polar surface area (TPSA) is 102 Å². The van der Waals surface area contributed by atoms with Crippen LogP contribution in [0.15, 0.2) is 53.4 Å². The molecule has 30 heavy (non-hydrogen) atoms. The molecule has 1 amide bonds. The Bertz CT molecular complexity index is 1090. The van der Waals surface area contributed by atoms with E-state index in [4.69, 9.17) is 9.47 Å². The van der Waals surface area contributed by atoms with E-state index in [9.17, 15) is 18.0 Å². The fourth-order valence-electron chi connectivity index (χ4n) is 3.59. The van der Waals surface area contributed by atoms with Gasteiger partial charge in [0.25, 0.3) is 5.91 Å². The van der Waals surface area contributed by atoms with Crippen molar-refractivity contribution in [2.45, 2.75) is 23.8 Å². The quantitative estimate of drug-likeness (QED) is 0.743. The van der Waals surface area contributed by atoms with Gasteiger partial charge in [-0.15, -0.1) is 0 Å². The molecule has 0 aromatic heterocycles. The minimum atomic E-state index is -3.69. The van der Waals surface area contributed by atoms with Gasteiger partial charge in [0.05, 0.1) is 23.7 Å². The second kappa shape index (κ2) is 7.82. The van der Waals surface area contributed by atoms with Gasteiger partial charge in [-0.3, -0.25) is 4.79 Å². The summed E-state index contributed by atoms with van der Waals surface area (Å²) in [5, 5.41) is 2.70. The molecule has 2 aromatic carbocycles. The summed E-state index contributed by atoms with van der Waals surface area (Å²) in [7, 11) is -3.69. The highest BCUT2D eigenvalue weighted by Crippen LogP contribution is 2.30. The van der Waals surface area contributed by atoms with Gasteiger partial charge in [0.1, 0.15) is 0 Å². The molecule has 8 nitrogen and oxygen atoms in total. The highest BCUT2D eigenvalue weighted by Gasteiger charge is 2.42. The first-order valence-corrected chi connectivity index (χ1v) is 11.0. The second-order valence-corrected chi connectivity index (χ2v) is 9.39. The molecule has 0 spiro atoms. The van der Waals surface area contributed by atoms with Crippen molar-refractivity contribution in [3.63, 3.8) is 0 Å². The number of nitrogens with zero attached hydrogens (tertiary/aromatic N) is 1. The maximum Gasteiger partial charge on any atom is 0.339 e. The lowest BCUT2D eigenvalue weighted by Gasteiger charge is -2.33. The van der Waals surface area contributed by atoms with Gasteiger partial charge in [-0.1, -0.05) is 24.3 Å². The van der Waals surface area contributed by atoms with Crippen molar-refractivity contribution in [1.82, 2.24) is 4.31 Å². The van der Waals surface area contributed by atoms with E-state index in [2.05, 4.69) is 5.32 Å². The third-order valence-electron chi connectivity index (χ3n) is 5.26. The van der Waals surface area contributed by atoms with Gasteiger partial charge >= 0.3 is 5.97 Å². The number of anilines is 1. The van der Waals surface area contributed by atoms with Gasteiger partial charge in [0.2, 0.25) is 10.0 Å². The Morgan fingerprint density at radius 3 is 2.60 bits per heavy atom. The van der Waals surface area contributed by atoms with Crippen molar-refractivity contribution >= 4 is 27.6 Å². The van der Waals surface area contributed by atoms with E-state index in [-0.39, 0.29) is 24.4 Å². The summed E-state index contributed by atoms with van der Waals surface area (Å²) in [4.78, 5) is 25.3. The number of sulfonamides is 1. The lowest BCUT2D eigenvalue weighted by atomic mass is 9.89. The number of hydrogen-bond donors (Lipinski definition) is 1. The first-order chi connectivity index (χ1) is 14.3. The molecule has 2 aliphatic rings. The maximum atomic E-state index is 12.9. The monoisotopic (exact) mass is 430 g/mol. The van der Waals surface area contributed by atoms with Crippen LogP contribution in [0.5, 0.6) is 0 Å². The zero-order valence-corrected chi connectivity index (χ0v) is 17.3. The van der Waals surface area contributed by atoms with Crippen molar-refractivity contribution in [2.24, 2.45) is 0 Å². The molecule has 2 aromatic rings. The van der Waals surface area contributed by atoms with Crippen LogP contribution >= 0.6 is 0 Å². The van der Waals surface area contributed by atoms with E-state index in [0.29, 0.717) is 24.5 Å². The van der Waals surface area contributed by atoms with E-state index < -0.39 is 27.5 Å². The SMILES string of the molecule is C[C@@]1(C(=O)Nc2cccc(S(=O)(=O)N3CCOCC3)c2)Cc2ccccc2C(=O)O1. The molecule has 2 heterocycles. The molecule has 0 unspecified atom stereocenters. The average molecular weight is 430 g/mol. The molecule has 1 N–H and O–H groups in total. The Morgan fingerprint density at radius 2 is 1.83 bits per heavy atom. The number of morpholine rings is 1. The van der Waals surface area contributed by atoms with Crippen LogP contribution in [0.2, 0.25) is 0 Å². The maximum absolute atomic E-state index is 12.9. The second-order valence-electron chi connectivity index (χ2n) is 7.45. The molecule has 0 radical (unpaired) electrons. The summed E-state index contributed by atoms with van der Waals surface area (Å²) >= 11 is 0. The lowest BCUT2D eigenvalue weighted by Crippen LogP contribution is -2.48. The minimum absolute atomic E-state index is 0.0818. The molecule has 1 saturated heterocycles. The Labute approximate surface area is 174 Å². The Morgan fingerprint density at radius 1 is 1.10 bits per heavy atom. The fourth-order valence-corrected chi connectivity index (χ4v) is 5.05. The number of amides is 1. The highest BCUT2D eigenvalue weighted by atomic mass is 32.2. The molecule has 1 fully saturated rings. The van der Waals surface area contributed by atoms with Crippen LogP contribution in [0.1, 0.15) is 22.8 Å². The highest BCUT2D eigenvalue weighted by molar-refractivity contribution is 7.89. The predicted molar refractivity (Wildman–Crippen MR) is 109 cm³/mol. The fraction of sp³-hybridized carbons (Fsp3) is 0.333. The normalized spacial score (nSPS) is 22.1. The zero-order valence-electron chi connectivity index (χ0n) is 16.5. The van der Waals surface area contributed by atoms with Crippen LogP contribution in [0.3, 0.4) is 0 Å². The minimum Gasteiger partial charge on any atom is -0.445 e. The summed E-state index contributed by atoms with van der Waals surface area (Å²) in [6, 6.07) is 13.0. The van der Waals surface area contributed by atoms with Crippen LogP contribution in [0, 0.1) is 0 Å². The molecule has 2 aliphatic heterocycles. The van der Waals surface area contributed by atoms with Crippen molar-refractivity contribution < 1.29 is 27.5 Å². The molecular formula is C21H22N2O6S. The number of hydrogen-bond acceptors (Lipinski definition) is 6. The van der Waals surface area contributed by atoms with Crippen molar-refractivity contribution in [2.75, 3.05) is 31.6 Å². The zero-order chi connectivity index (χ0) is 21.4. The Hall–Kier alpha value is -2.75. The van der Waals surface area contributed by atoms with Crippen LogP contribution in [0.25, 0.3) is 0 Å². The third-order valence-corrected chi connectivity index (χ3v) is 7.16. The van der Waals surface area contributed by atoms with Gasteiger partial charge in [0.15, 0.2) is 5.60 Å². The van der Waals surface area contributed by atoms with Crippen molar-refractivity contribution in [3.8, 4) is 0 Å². The van der Waals surface area contributed by atoms with Gasteiger partial charge in [-0.05, 0) is 36.8 Å². The largest absolute Gasteiger partial charge is 0.445 e. The number of nitrogens with one attached hydrogen (secondary N) is 1. The van der Waals surface area contributed by atoms with E-state index in [1.165, 1.54) is 16.4 Å². The molecule has 4 rings (SSSR count). The first-order valence-electron chi connectivity index (χ1n) is 9.60. The molecule has 158 valence electrons. The Balaban J connectivity index is 1.54. The van der Waals surface area contributed by atoms with Crippen molar-refractivity contribution in [1.29, 1.82) is 0 Å². The number of fused-ring (bicyclic) bond motifs is 1. The molecule has 0 aliphatic carbocycles. The standard InChI is InChI=1S/C21H22N2O6S/c1-21(14-15-5-2-3-8-18(15)19(24)29-21)20(25)22-16-6-4-7-17(13-16)30(26,27)23-9-11-28-12-10-23/h2-8,13H,9-12,14H2,1H3,(H,22,25)/t21-/m0/s1. The number of esters is 1. The van der Waals surface area contributed by atoms with E-state index >= 15 is 0 Å². The number of cyclic esters (lactones) is 1. The van der Waals surface area contributed by atoms with E-state index in [0.717, 1.165) is 5.56 Å². The molecule has 0 saturated carbocycles. The summed E-state index contributed by atoms with van der Waals surface area (Å²) in [6.45, 7) is 2.81. The van der Waals surface area contributed by atoms with E-state index in [1.54, 1.807) is 43.3 Å². The first kappa shape index (κ1) is 20.5. The molecule has 9 heteroatoms. The lowest BCUT2D eigenvalue weighted by molar-refractivity contribution is -0.134. The number of carbonyl (C=O) groups is 2. The van der Waals surface area contributed by atoms with Gasteiger partial charge in [0, 0.05) is 25.2 Å². The van der Waals surface area contributed by atoms with Crippen LogP contribution in [-0.2, 0) is 30.7 Å².